The van der Waals surface area contributed by atoms with E-state index in [1.807, 2.05) is 0 Å². The molecule has 0 aromatic carbocycles. The molecule has 3 atom stereocenters. The Morgan fingerprint density at radius 3 is 2.56 bits per heavy atom. The van der Waals surface area contributed by atoms with E-state index in [4.69, 9.17) is 0 Å². The number of nitrogens with zero attached hydrogens (tertiary/aromatic N) is 1. The number of aliphatic hydroxyl groups is 1. The summed E-state index contributed by atoms with van der Waals surface area (Å²) in [7, 11) is 0. The summed E-state index contributed by atoms with van der Waals surface area (Å²) in [5, 5.41) is 9.98. The zero-order valence-electron chi connectivity index (χ0n) is 10.9. The number of rotatable bonds is 3. The first kappa shape index (κ1) is 12.4. The average Bonchev–Trinajstić information content (AvgIpc) is 2.70. The van der Waals surface area contributed by atoms with Crippen LogP contribution in [0.1, 0.15) is 46.0 Å². The van der Waals surface area contributed by atoms with Gasteiger partial charge < -0.3 is 10.0 Å². The van der Waals surface area contributed by atoms with Gasteiger partial charge in [-0.25, -0.2) is 0 Å². The maximum Gasteiger partial charge on any atom is 0.0580 e. The van der Waals surface area contributed by atoms with Crippen molar-refractivity contribution < 1.29 is 5.11 Å². The highest BCUT2D eigenvalue weighted by Gasteiger charge is 2.29. The molecular weight excluding hydrogens is 198 g/mol. The minimum Gasteiger partial charge on any atom is -0.393 e. The zero-order valence-corrected chi connectivity index (χ0v) is 10.9. The third-order valence-electron chi connectivity index (χ3n) is 4.61. The van der Waals surface area contributed by atoms with Gasteiger partial charge in [0.05, 0.1) is 6.10 Å². The molecule has 0 bridgehead atoms. The van der Waals surface area contributed by atoms with Gasteiger partial charge in [-0.3, -0.25) is 0 Å². The minimum absolute atomic E-state index is 0.0214. The highest BCUT2D eigenvalue weighted by molar-refractivity contribution is 4.83. The molecule has 2 fully saturated rings. The molecule has 1 heterocycles. The summed E-state index contributed by atoms with van der Waals surface area (Å²) in [4.78, 5) is 2.59. The van der Waals surface area contributed by atoms with Crippen molar-refractivity contribution in [3.05, 3.63) is 0 Å². The lowest BCUT2D eigenvalue weighted by Gasteiger charge is -2.31. The number of likely N-dealkylation sites (tertiary alicyclic amines) is 1. The molecule has 2 nitrogen and oxygen atoms in total. The Hall–Kier alpha value is -0.0800. The van der Waals surface area contributed by atoms with Crippen LogP contribution in [0.2, 0.25) is 0 Å². The van der Waals surface area contributed by atoms with Crippen LogP contribution in [0.5, 0.6) is 0 Å². The molecule has 0 aromatic heterocycles. The quantitative estimate of drug-likeness (QED) is 0.798. The maximum atomic E-state index is 9.98. The lowest BCUT2D eigenvalue weighted by atomic mass is 9.86. The van der Waals surface area contributed by atoms with E-state index in [1.165, 1.54) is 38.8 Å². The van der Waals surface area contributed by atoms with Gasteiger partial charge in [0.15, 0.2) is 0 Å². The van der Waals surface area contributed by atoms with Gasteiger partial charge in [-0.05, 0) is 43.6 Å². The maximum absolute atomic E-state index is 9.98. The molecule has 2 heteroatoms. The van der Waals surface area contributed by atoms with Crippen LogP contribution in [-0.4, -0.2) is 35.7 Å². The van der Waals surface area contributed by atoms with Crippen molar-refractivity contribution in [3.8, 4) is 0 Å². The molecule has 1 saturated heterocycles. The van der Waals surface area contributed by atoms with E-state index >= 15 is 0 Å². The second-order valence-electron chi connectivity index (χ2n) is 6.16. The van der Waals surface area contributed by atoms with Gasteiger partial charge in [-0.15, -0.1) is 0 Å². The molecule has 94 valence electrons. The predicted molar refractivity (Wildman–Crippen MR) is 67.3 cm³/mol. The van der Waals surface area contributed by atoms with Crippen LogP contribution >= 0.6 is 0 Å². The Morgan fingerprint density at radius 1 is 1.19 bits per heavy atom. The minimum atomic E-state index is -0.0214. The molecule has 2 aliphatic rings. The van der Waals surface area contributed by atoms with E-state index < -0.39 is 0 Å². The van der Waals surface area contributed by atoms with Crippen molar-refractivity contribution >= 4 is 0 Å². The average molecular weight is 225 g/mol. The lowest BCUT2D eigenvalue weighted by molar-refractivity contribution is 0.0500. The predicted octanol–water partition coefficient (Wildman–Crippen LogP) is 2.52. The fraction of sp³-hybridized carbons (Fsp3) is 1.00. The number of hydrogen-bond acceptors (Lipinski definition) is 2. The molecule has 3 unspecified atom stereocenters. The standard InChI is InChI=1S/C14H27NO/c1-11(2)12-7-8-15(9-12)10-13-5-3-4-6-14(13)16/h11-14,16H,3-10H2,1-2H3. The summed E-state index contributed by atoms with van der Waals surface area (Å²) in [5.74, 6) is 2.27. The highest BCUT2D eigenvalue weighted by atomic mass is 16.3. The zero-order chi connectivity index (χ0) is 11.5. The molecule has 0 amide bonds. The Bertz CT molecular complexity index is 217. The van der Waals surface area contributed by atoms with E-state index in [-0.39, 0.29) is 6.10 Å². The smallest absolute Gasteiger partial charge is 0.0580 e. The SMILES string of the molecule is CC(C)C1CCN(CC2CCCCC2O)C1. The largest absolute Gasteiger partial charge is 0.393 e. The van der Waals surface area contributed by atoms with Crippen molar-refractivity contribution in [2.24, 2.45) is 17.8 Å². The normalized spacial score (nSPS) is 37.1. The van der Waals surface area contributed by atoms with Crippen LogP contribution < -0.4 is 0 Å². The number of aliphatic hydroxyl groups excluding tert-OH is 1. The third kappa shape index (κ3) is 2.98. The van der Waals surface area contributed by atoms with Crippen molar-refractivity contribution in [1.29, 1.82) is 0 Å². The van der Waals surface area contributed by atoms with Crippen LogP contribution in [0.15, 0.2) is 0 Å². The molecule has 16 heavy (non-hydrogen) atoms. The summed E-state index contributed by atoms with van der Waals surface area (Å²) in [5.41, 5.74) is 0. The van der Waals surface area contributed by atoms with Crippen LogP contribution in [0.4, 0.5) is 0 Å². The van der Waals surface area contributed by atoms with Gasteiger partial charge in [0.2, 0.25) is 0 Å². The van der Waals surface area contributed by atoms with Crippen molar-refractivity contribution in [1.82, 2.24) is 4.90 Å². The van der Waals surface area contributed by atoms with E-state index in [0.717, 1.165) is 24.8 Å². The van der Waals surface area contributed by atoms with Gasteiger partial charge in [0.25, 0.3) is 0 Å². The van der Waals surface area contributed by atoms with E-state index in [9.17, 15) is 5.11 Å². The lowest BCUT2D eigenvalue weighted by Crippen LogP contribution is -2.36. The third-order valence-corrected chi connectivity index (χ3v) is 4.61. The fourth-order valence-electron chi connectivity index (χ4n) is 3.31. The Kier molecular flexibility index (Phi) is 4.26. The van der Waals surface area contributed by atoms with E-state index in [2.05, 4.69) is 18.7 Å². The Labute approximate surface area is 100 Å². The summed E-state index contributed by atoms with van der Waals surface area (Å²) in [6.45, 7) is 8.34. The van der Waals surface area contributed by atoms with Gasteiger partial charge in [-0.1, -0.05) is 26.7 Å². The molecular formula is C14H27NO. The second-order valence-corrected chi connectivity index (χ2v) is 6.16. The van der Waals surface area contributed by atoms with Crippen LogP contribution in [0.3, 0.4) is 0 Å². The first-order valence-electron chi connectivity index (χ1n) is 7.07. The van der Waals surface area contributed by atoms with Gasteiger partial charge in [0.1, 0.15) is 0 Å². The summed E-state index contributed by atoms with van der Waals surface area (Å²) in [6, 6.07) is 0. The van der Waals surface area contributed by atoms with Crippen molar-refractivity contribution in [2.75, 3.05) is 19.6 Å². The molecule has 2 rings (SSSR count). The first-order chi connectivity index (χ1) is 7.66. The van der Waals surface area contributed by atoms with Gasteiger partial charge in [-0.2, -0.15) is 0 Å². The Morgan fingerprint density at radius 2 is 1.94 bits per heavy atom. The Balaban J connectivity index is 1.77. The first-order valence-corrected chi connectivity index (χ1v) is 7.07. The van der Waals surface area contributed by atoms with Crippen LogP contribution in [0, 0.1) is 17.8 Å². The number of hydrogen-bond donors (Lipinski definition) is 1. The highest BCUT2D eigenvalue weighted by Crippen LogP contribution is 2.29. The second kappa shape index (κ2) is 5.50. The molecule has 0 aromatic rings. The van der Waals surface area contributed by atoms with E-state index in [0.29, 0.717) is 5.92 Å². The fourth-order valence-corrected chi connectivity index (χ4v) is 3.31. The summed E-state index contributed by atoms with van der Waals surface area (Å²) in [6.07, 6.45) is 6.17. The van der Waals surface area contributed by atoms with Gasteiger partial charge >= 0.3 is 0 Å². The molecule has 1 N–H and O–H groups in total. The van der Waals surface area contributed by atoms with E-state index in [1.54, 1.807) is 0 Å². The molecule has 0 spiro atoms. The molecule has 1 saturated carbocycles. The van der Waals surface area contributed by atoms with Crippen molar-refractivity contribution in [2.45, 2.75) is 52.1 Å². The topological polar surface area (TPSA) is 23.5 Å². The van der Waals surface area contributed by atoms with Crippen LogP contribution in [0.25, 0.3) is 0 Å². The summed E-state index contributed by atoms with van der Waals surface area (Å²) >= 11 is 0. The summed E-state index contributed by atoms with van der Waals surface area (Å²) < 4.78 is 0. The molecule has 1 aliphatic carbocycles. The van der Waals surface area contributed by atoms with Crippen molar-refractivity contribution in [3.63, 3.8) is 0 Å². The van der Waals surface area contributed by atoms with Gasteiger partial charge in [0, 0.05) is 13.1 Å². The monoisotopic (exact) mass is 225 g/mol. The molecule has 0 radical (unpaired) electrons. The molecule has 1 aliphatic heterocycles. The van der Waals surface area contributed by atoms with Crippen LogP contribution in [-0.2, 0) is 0 Å².